The predicted octanol–water partition coefficient (Wildman–Crippen LogP) is 2.39. The number of nitrogens with zero attached hydrogens (tertiary/aromatic N) is 1. The molecule has 1 amide bonds. The van der Waals surface area contributed by atoms with Crippen LogP contribution in [-0.4, -0.2) is 22.1 Å². The lowest BCUT2D eigenvalue weighted by Gasteiger charge is -1.96. The fraction of sp³-hybridized carbons (Fsp3) is 0.0833. The number of aryl methyl sites for hydroxylation is 1. The van der Waals surface area contributed by atoms with Gasteiger partial charge in [-0.1, -0.05) is 5.16 Å². The van der Waals surface area contributed by atoms with Gasteiger partial charge in [0.2, 0.25) is 0 Å². The zero-order valence-electron chi connectivity index (χ0n) is 9.91. The molecule has 0 aromatic carbocycles. The zero-order valence-corrected chi connectivity index (χ0v) is 10.7. The summed E-state index contributed by atoms with van der Waals surface area (Å²) in [5.74, 6) is -0.404. The zero-order chi connectivity index (χ0) is 13.8. The van der Waals surface area contributed by atoms with Crippen LogP contribution in [0.2, 0.25) is 0 Å². The first-order valence-electron chi connectivity index (χ1n) is 5.29. The van der Waals surface area contributed by atoms with Crippen LogP contribution in [0.3, 0.4) is 0 Å². The third-order valence-corrected chi connectivity index (χ3v) is 3.04. The van der Waals surface area contributed by atoms with E-state index in [1.54, 1.807) is 24.4 Å². The summed E-state index contributed by atoms with van der Waals surface area (Å²) in [4.78, 5) is 22.9. The SMILES string of the molecule is Cc1cc(NC(=O)c2csc(C=CC(=O)O)c2)no1. The maximum absolute atomic E-state index is 11.8. The van der Waals surface area contributed by atoms with Gasteiger partial charge in [-0.2, -0.15) is 0 Å². The number of anilines is 1. The number of carbonyl (C=O) groups excluding carboxylic acids is 1. The Balaban J connectivity index is 2.06. The van der Waals surface area contributed by atoms with E-state index >= 15 is 0 Å². The molecule has 19 heavy (non-hydrogen) atoms. The largest absolute Gasteiger partial charge is 0.478 e. The van der Waals surface area contributed by atoms with Gasteiger partial charge in [0, 0.05) is 22.4 Å². The molecule has 0 saturated heterocycles. The van der Waals surface area contributed by atoms with Crippen LogP contribution in [0, 0.1) is 6.92 Å². The highest BCUT2D eigenvalue weighted by Gasteiger charge is 2.10. The number of carboxylic acids is 1. The van der Waals surface area contributed by atoms with Crippen LogP contribution in [0.4, 0.5) is 5.82 Å². The van der Waals surface area contributed by atoms with Gasteiger partial charge in [-0.15, -0.1) is 11.3 Å². The van der Waals surface area contributed by atoms with Crippen molar-refractivity contribution < 1.29 is 19.2 Å². The first-order chi connectivity index (χ1) is 9.04. The number of hydrogen-bond donors (Lipinski definition) is 2. The number of aromatic nitrogens is 1. The third kappa shape index (κ3) is 3.52. The first kappa shape index (κ1) is 13.0. The molecule has 2 aromatic rings. The van der Waals surface area contributed by atoms with Crippen LogP contribution in [0.15, 0.2) is 28.1 Å². The highest BCUT2D eigenvalue weighted by Crippen LogP contribution is 2.18. The number of carboxylic acid groups (broad SMARTS) is 1. The van der Waals surface area contributed by atoms with Crippen LogP contribution in [-0.2, 0) is 4.79 Å². The molecule has 2 N–H and O–H groups in total. The minimum absolute atomic E-state index is 0.320. The van der Waals surface area contributed by atoms with Crippen LogP contribution < -0.4 is 5.32 Å². The van der Waals surface area contributed by atoms with E-state index in [1.165, 1.54) is 17.4 Å². The molecule has 0 aliphatic carbocycles. The Morgan fingerprint density at radius 2 is 2.26 bits per heavy atom. The fourth-order valence-corrected chi connectivity index (χ4v) is 2.11. The van der Waals surface area contributed by atoms with E-state index in [4.69, 9.17) is 9.63 Å². The van der Waals surface area contributed by atoms with Crippen molar-refractivity contribution in [3.05, 3.63) is 39.8 Å². The molecule has 0 aliphatic rings. The molecule has 0 aliphatic heterocycles. The Morgan fingerprint density at radius 1 is 1.47 bits per heavy atom. The van der Waals surface area contributed by atoms with Gasteiger partial charge < -0.3 is 14.9 Å². The molecule has 0 bridgehead atoms. The van der Waals surface area contributed by atoms with Crippen LogP contribution in [0.25, 0.3) is 6.08 Å². The summed E-state index contributed by atoms with van der Waals surface area (Å²) in [5.41, 5.74) is 0.440. The van der Waals surface area contributed by atoms with Gasteiger partial charge in [-0.3, -0.25) is 4.79 Å². The van der Waals surface area contributed by atoms with E-state index in [1.807, 2.05) is 0 Å². The highest BCUT2D eigenvalue weighted by molar-refractivity contribution is 7.11. The van der Waals surface area contributed by atoms with Crippen LogP contribution in [0.5, 0.6) is 0 Å². The maximum Gasteiger partial charge on any atom is 0.328 e. The van der Waals surface area contributed by atoms with Crippen molar-refractivity contribution in [1.82, 2.24) is 5.16 Å². The Bertz CT molecular complexity index is 642. The Morgan fingerprint density at radius 3 is 2.89 bits per heavy atom. The lowest BCUT2D eigenvalue weighted by Crippen LogP contribution is -2.10. The summed E-state index contributed by atoms with van der Waals surface area (Å²) in [6.45, 7) is 1.72. The van der Waals surface area contributed by atoms with Crippen molar-refractivity contribution >= 4 is 35.1 Å². The Labute approximate surface area is 112 Å². The van der Waals surface area contributed by atoms with Crippen molar-refractivity contribution in [2.45, 2.75) is 6.92 Å². The van der Waals surface area contributed by atoms with Crippen LogP contribution >= 0.6 is 11.3 Å². The molecule has 0 atom stereocenters. The van der Waals surface area contributed by atoms with Crippen molar-refractivity contribution in [1.29, 1.82) is 0 Å². The monoisotopic (exact) mass is 278 g/mol. The molecular weight excluding hydrogens is 268 g/mol. The minimum atomic E-state index is -1.03. The summed E-state index contributed by atoms with van der Waals surface area (Å²) in [6.07, 6.45) is 2.46. The molecule has 2 heterocycles. The molecule has 0 unspecified atom stereocenters. The van der Waals surface area contributed by atoms with Gasteiger partial charge in [-0.25, -0.2) is 4.79 Å². The van der Waals surface area contributed by atoms with Crippen LogP contribution in [0.1, 0.15) is 21.0 Å². The minimum Gasteiger partial charge on any atom is -0.478 e. The van der Waals surface area contributed by atoms with Gasteiger partial charge in [-0.05, 0) is 19.1 Å². The van der Waals surface area contributed by atoms with Gasteiger partial charge in [0.15, 0.2) is 5.82 Å². The van der Waals surface area contributed by atoms with E-state index in [-0.39, 0.29) is 5.91 Å². The number of aliphatic carboxylic acids is 1. The van der Waals surface area contributed by atoms with E-state index in [0.717, 1.165) is 6.08 Å². The summed E-state index contributed by atoms with van der Waals surface area (Å²) in [7, 11) is 0. The second-order valence-corrected chi connectivity index (χ2v) is 4.63. The molecule has 6 nitrogen and oxygen atoms in total. The summed E-state index contributed by atoms with van der Waals surface area (Å²) in [6, 6.07) is 3.21. The van der Waals surface area contributed by atoms with E-state index in [2.05, 4.69) is 10.5 Å². The van der Waals surface area contributed by atoms with Crippen molar-refractivity contribution in [3.63, 3.8) is 0 Å². The topological polar surface area (TPSA) is 92.4 Å². The van der Waals surface area contributed by atoms with E-state index < -0.39 is 5.97 Å². The van der Waals surface area contributed by atoms with E-state index in [0.29, 0.717) is 22.0 Å². The fourth-order valence-electron chi connectivity index (χ4n) is 1.33. The molecular formula is C12H10N2O4S. The van der Waals surface area contributed by atoms with Gasteiger partial charge >= 0.3 is 5.97 Å². The molecule has 0 fully saturated rings. The lowest BCUT2D eigenvalue weighted by atomic mass is 10.3. The van der Waals surface area contributed by atoms with Gasteiger partial charge in [0.05, 0.1) is 5.56 Å². The predicted molar refractivity (Wildman–Crippen MR) is 70.2 cm³/mol. The number of rotatable bonds is 4. The average Bonchev–Trinajstić information content (AvgIpc) is 2.95. The van der Waals surface area contributed by atoms with Crippen molar-refractivity contribution in [3.8, 4) is 0 Å². The summed E-state index contributed by atoms with van der Waals surface area (Å²) < 4.78 is 4.83. The second-order valence-electron chi connectivity index (χ2n) is 3.69. The number of thiophene rings is 1. The molecule has 2 aromatic heterocycles. The Hall–Kier alpha value is -2.41. The van der Waals surface area contributed by atoms with E-state index in [9.17, 15) is 9.59 Å². The molecule has 0 radical (unpaired) electrons. The highest BCUT2D eigenvalue weighted by atomic mass is 32.1. The summed E-state index contributed by atoms with van der Waals surface area (Å²) in [5, 5.41) is 16.4. The molecule has 2 rings (SSSR count). The standard InChI is InChI=1S/C12H10N2O4S/c1-7-4-10(14-18-7)13-12(17)8-5-9(19-6-8)2-3-11(15)16/h2-6H,1H3,(H,15,16)(H,13,14,17). The smallest absolute Gasteiger partial charge is 0.328 e. The first-order valence-corrected chi connectivity index (χ1v) is 6.17. The van der Waals surface area contributed by atoms with Crippen molar-refractivity contribution in [2.24, 2.45) is 0 Å². The summed E-state index contributed by atoms with van der Waals surface area (Å²) >= 11 is 1.28. The maximum atomic E-state index is 11.8. The number of carbonyl (C=O) groups is 2. The normalized spacial score (nSPS) is 10.8. The Kier molecular flexibility index (Phi) is 3.76. The molecule has 7 heteroatoms. The average molecular weight is 278 g/mol. The number of amides is 1. The molecule has 0 saturated carbocycles. The molecule has 0 spiro atoms. The van der Waals surface area contributed by atoms with Gasteiger partial charge in [0.1, 0.15) is 5.76 Å². The van der Waals surface area contributed by atoms with Gasteiger partial charge in [0.25, 0.3) is 5.91 Å². The van der Waals surface area contributed by atoms with Crippen molar-refractivity contribution in [2.75, 3.05) is 5.32 Å². The number of hydrogen-bond acceptors (Lipinski definition) is 5. The lowest BCUT2D eigenvalue weighted by molar-refractivity contribution is -0.131. The quantitative estimate of drug-likeness (QED) is 0.838. The molecule has 98 valence electrons. The number of nitrogens with one attached hydrogen (secondary N) is 1. The second kappa shape index (κ2) is 5.49. The third-order valence-electron chi connectivity index (χ3n) is 2.14.